The summed E-state index contributed by atoms with van der Waals surface area (Å²) in [5.74, 6) is 0.738. The Hall–Kier alpha value is -0.610. The Bertz CT molecular complexity index is 303. The SMILES string of the molecule is NCC1CC(=O)N(C2CCCN(C3CC3)C2)C1. The molecule has 0 radical (unpaired) electrons. The molecule has 1 aliphatic carbocycles. The number of nitrogens with two attached hydrogens (primary N) is 1. The van der Waals surface area contributed by atoms with Gasteiger partial charge in [0.15, 0.2) is 0 Å². The molecular formula is C13H23N3O. The number of carbonyl (C=O) groups excluding carboxylic acids is 1. The van der Waals surface area contributed by atoms with Crippen molar-refractivity contribution in [3.8, 4) is 0 Å². The number of nitrogens with zero attached hydrogens (tertiary/aromatic N) is 2. The van der Waals surface area contributed by atoms with Gasteiger partial charge < -0.3 is 10.6 Å². The average Bonchev–Trinajstić information content (AvgIpc) is 3.13. The first kappa shape index (κ1) is 11.5. The lowest BCUT2D eigenvalue weighted by Gasteiger charge is -2.38. The largest absolute Gasteiger partial charge is 0.338 e. The Kier molecular flexibility index (Phi) is 3.09. The molecule has 0 bridgehead atoms. The van der Waals surface area contributed by atoms with E-state index in [1.165, 1.54) is 32.2 Å². The molecule has 96 valence electrons. The highest BCUT2D eigenvalue weighted by atomic mass is 16.2. The fourth-order valence-electron chi connectivity index (χ4n) is 3.33. The highest BCUT2D eigenvalue weighted by molar-refractivity contribution is 5.79. The van der Waals surface area contributed by atoms with Gasteiger partial charge in [0.2, 0.25) is 5.91 Å². The summed E-state index contributed by atoms with van der Waals surface area (Å²) < 4.78 is 0. The zero-order valence-electron chi connectivity index (χ0n) is 10.5. The third-order valence-electron chi connectivity index (χ3n) is 4.50. The average molecular weight is 237 g/mol. The van der Waals surface area contributed by atoms with Crippen LogP contribution in [-0.2, 0) is 4.79 Å². The smallest absolute Gasteiger partial charge is 0.223 e. The van der Waals surface area contributed by atoms with Crippen LogP contribution in [-0.4, -0.2) is 54.0 Å². The molecule has 2 unspecified atom stereocenters. The van der Waals surface area contributed by atoms with E-state index in [0.717, 1.165) is 19.1 Å². The highest BCUT2D eigenvalue weighted by Gasteiger charge is 2.38. The van der Waals surface area contributed by atoms with Crippen LogP contribution >= 0.6 is 0 Å². The summed E-state index contributed by atoms with van der Waals surface area (Å²) in [6.07, 6.45) is 5.85. The lowest BCUT2D eigenvalue weighted by atomic mass is 10.0. The van der Waals surface area contributed by atoms with E-state index in [-0.39, 0.29) is 0 Å². The van der Waals surface area contributed by atoms with E-state index in [4.69, 9.17) is 5.73 Å². The van der Waals surface area contributed by atoms with Gasteiger partial charge in [0, 0.05) is 31.6 Å². The molecule has 2 aliphatic heterocycles. The molecule has 3 fully saturated rings. The van der Waals surface area contributed by atoms with Gasteiger partial charge in [-0.15, -0.1) is 0 Å². The molecule has 2 heterocycles. The van der Waals surface area contributed by atoms with Crippen LogP contribution in [0.4, 0.5) is 0 Å². The number of hydrogen-bond acceptors (Lipinski definition) is 3. The number of amides is 1. The number of carbonyl (C=O) groups is 1. The zero-order valence-corrected chi connectivity index (χ0v) is 10.5. The molecule has 0 aromatic carbocycles. The minimum Gasteiger partial charge on any atom is -0.338 e. The molecule has 4 heteroatoms. The summed E-state index contributed by atoms with van der Waals surface area (Å²) in [6, 6.07) is 1.30. The van der Waals surface area contributed by atoms with E-state index in [1.807, 2.05) is 0 Å². The van der Waals surface area contributed by atoms with Crippen LogP contribution < -0.4 is 5.73 Å². The first-order valence-electron chi connectivity index (χ1n) is 7.01. The quantitative estimate of drug-likeness (QED) is 0.774. The van der Waals surface area contributed by atoms with Crippen LogP contribution in [0.15, 0.2) is 0 Å². The predicted octanol–water partition coefficient (Wildman–Crippen LogP) is 0.420. The monoisotopic (exact) mass is 237 g/mol. The Morgan fingerprint density at radius 1 is 1.18 bits per heavy atom. The standard InChI is InChI=1S/C13H23N3O/c14-7-10-6-13(17)16(8-10)12-2-1-5-15(9-12)11-3-4-11/h10-12H,1-9,14H2. The summed E-state index contributed by atoms with van der Waals surface area (Å²) in [4.78, 5) is 16.7. The van der Waals surface area contributed by atoms with Crippen molar-refractivity contribution in [3.63, 3.8) is 0 Å². The van der Waals surface area contributed by atoms with Gasteiger partial charge in [-0.1, -0.05) is 0 Å². The molecule has 3 rings (SSSR count). The normalized spacial score (nSPS) is 35.6. The van der Waals surface area contributed by atoms with E-state index in [9.17, 15) is 4.79 Å². The molecule has 0 aromatic rings. The summed E-state index contributed by atoms with van der Waals surface area (Å²) in [7, 11) is 0. The molecule has 4 nitrogen and oxygen atoms in total. The molecule has 0 spiro atoms. The molecule has 2 atom stereocenters. The highest BCUT2D eigenvalue weighted by Crippen LogP contribution is 2.31. The van der Waals surface area contributed by atoms with E-state index < -0.39 is 0 Å². The summed E-state index contributed by atoms with van der Waals surface area (Å²) in [6.45, 7) is 3.90. The van der Waals surface area contributed by atoms with Gasteiger partial charge in [-0.05, 0) is 44.7 Å². The van der Waals surface area contributed by atoms with Crippen molar-refractivity contribution in [2.24, 2.45) is 11.7 Å². The lowest BCUT2D eigenvalue weighted by molar-refractivity contribution is -0.130. The van der Waals surface area contributed by atoms with Crippen molar-refractivity contribution >= 4 is 5.91 Å². The van der Waals surface area contributed by atoms with Crippen molar-refractivity contribution in [3.05, 3.63) is 0 Å². The van der Waals surface area contributed by atoms with Gasteiger partial charge in [-0.3, -0.25) is 9.69 Å². The number of hydrogen-bond donors (Lipinski definition) is 1. The summed E-state index contributed by atoms with van der Waals surface area (Å²) in [5.41, 5.74) is 5.68. The van der Waals surface area contributed by atoms with Crippen LogP contribution in [0.1, 0.15) is 32.1 Å². The van der Waals surface area contributed by atoms with Crippen molar-refractivity contribution in [1.29, 1.82) is 0 Å². The second kappa shape index (κ2) is 4.58. The van der Waals surface area contributed by atoms with Crippen molar-refractivity contribution < 1.29 is 4.79 Å². The molecule has 2 N–H and O–H groups in total. The van der Waals surface area contributed by atoms with Crippen molar-refractivity contribution in [2.45, 2.75) is 44.2 Å². The van der Waals surface area contributed by atoms with E-state index >= 15 is 0 Å². The molecule has 0 aromatic heterocycles. The Labute approximate surface area is 103 Å². The molecule has 1 saturated carbocycles. The van der Waals surface area contributed by atoms with Gasteiger partial charge in [0.1, 0.15) is 0 Å². The van der Waals surface area contributed by atoms with Gasteiger partial charge in [0.05, 0.1) is 0 Å². The third-order valence-corrected chi connectivity index (χ3v) is 4.50. The number of likely N-dealkylation sites (tertiary alicyclic amines) is 2. The van der Waals surface area contributed by atoms with Crippen LogP contribution in [0, 0.1) is 5.92 Å². The van der Waals surface area contributed by atoms with E-state index in [2.05, 4.69) is 9.80 Å². The first-order chi connectivity index (χ1) is 8.28. The maximum atomic E-state index is 12.0. The predicted molar refractivity (Wildman–Crippen MR) is 66.5 cm³/mol. The fraction of sp³-hybridized carbons (Fsp3) is 0.923. The number of piperidine rings is 1. The lowest BCUT2D eigenvalue weighted by Crippen LogP contribution is -2.49. The van der Waals surface area contributed by atoms with Crippen LogP contribution in [0.25, 0.3) is 0 Å². The van der Waals surface area contributed by atoms with Crippen LogP contribution in [0.3, 0.4) is 0 Å². The second-order valence-corrected chi connectivity index (χ2v) is 5.87. The minimum atomic E-state index is 0.336. The topological polar surface area (TPSA) is 49.6 Å². The van der Waals surface area contributed by atoms with Crippen molar-refractivity contribution in [2.75, 3.05) is 26.2 Å². The second-order valence-electron chi connectivity index (χ2n) is 5.87. The molecule has 3 aliphatic rings. The maximum absolute atomic E-state index is 12.0. The maximum Gasteiger partial charge on any atom is 0.223 e. The molecule has 1 amide bonds. The van der Waals surface area contributed by atoms with Crippen LogP contribution in [0.2, 0.25) is 0 Å². The van der Waals surface area contributed by atoms with E-state index in [1.54, 1.807) is 0 Å². The van der Waals surface area contributed by atoms with Gasteiger partial charge in [0.25, 0.3) is 0 Å². The van der Waals surface area contributed by atoms with E-state index in [0.29, 0.717) is 30.8 Å². The van der Waals surface area contributed by atoms with Crippen molar-refractivity contribution in [1.82, 2.24) is 9.80 Å². The fourth-order valence-corrected chi connectivity index (χ4v) is 3.33. The number of rotatable bonds is 3. The van der Waals surface area contributed by atoms with Gasteiger partial charge in [-0.25, -0.2) is 0 Å². The summed E-state index contributed by atoms with van der Waals surface area (Å²) in [5, 5.41) is 0. The molecular weight excluding hydrogens is 214 g/mol. The summed E-state index contributed by atoms with van der Waals surface area (Å²) >= 11 is 0. The Balaban J connectivity index is 1.61. The third kappa shape index (κ3) is 2.33. The minimum absolute atomic E-state index is 0.336. The first-order valence-corrected chi connectivity index (χ1v) is 7.01. The Morgan fingerprint density at radius 2 is 2.00 bits per heavy atom. The zero-order chi connectivity index (χ0) is 11.8. The van der Waals surface area contributed by atoms with Gasteiger partial charge in [-0.2, -0.15) is 0 Å². The molecule has 2 saturated heterocycles. The van der Waals surface area contributed by atoms with Gasteiger partial charge >= 0.3 is 0 Å². The Morgan fingerprint density at radius 3 is 2.65 bits per heavy atom. The van der Waals surface area contributed by atoms with Crippen LogP contribution in [0.5, 0.6) is 0 Å². The molecule has 17 heavy (non-hydrogen) atoms.